The van der Waals surface area contributed by atoms with E-state index >= 15 is 0 Å². The van der Waals surface area contributed by atoms with Gasteiger partial charge in [-0.15, -0.1) is 0 Å². The van der Waals surface area contributed by atoms with Gasteiger partial charge in [-0.05, 0) is 57.2 Å². The molecule has 0 aromatic rings. The third-order valence-electron chi connectivity index (χ3n) is 5.26. The molecular formula is C19H34ClNO4. The highest BCUT2D eigenvalue weighted by molar-refractivity contribution is 6.14. The second kappa shape index (κ2) is 11.4. The number of rotatable bonds is 8. The third-order valence-corrected chi connectivity index (χ3v) is 5.52. The Morgan fingerprint density at radius 2 is 1.92 bits per heavy atom. The van der Waals surface area contributed by atoms with Gasteiger partial charge in [0.2, 0.25) is 0 Å². The molecule has 4 atom stereocenters. The zero-order valence-electron chi connectivity index (χ0n) is 15.7. The number of nitrogens with one attached hydrogen (secondary N) is 1. The molecule has 1 aliphatic heterocycles. The molecule has 1 N–H and O–H groups in total. The van der Waals surface area contributed by atoms with Gasteiger partial charge in [0, 0.05) is 6.61 Å². The van der Waals surface area contributed by atoms with E-state index in [-0.39, 0.29) is 24.3 Å². The number of hydrogen-bond acceptors (Lipinski definition) is 5. The van der Waals surface area contributed by atoms with E-state index in [1.807, 2.05) is 6.92 Å². The Morgan fingerprint density at radius 1 is 1.16 bits per heavy atom. The molecule has 2 rings (SSSR count). The Morgan fingerprint density at radius 3 is 2.60 bits per heavy atom. The van der Waals surface area contributed by atoms with Crippen LogP contribution in [-0.4, -0.2) is 43.0 Å². The van der Waals surface area contributed by atoms with Crippen molar-refractivity contribution in [3.8, 4) is 0 Å². The zero-order valence-corrected chi connectivity index (χ0v) is 16.4. The fraction of sp³-hybridized carbons (Fsp3) is 0.947. The lowest BCUT2D eigenvalue weighted by Gasteiger charge is -2.32. The first-order valence-electron chi connectivity index (χ1n) is 9.99. The summed E-state index contributed by atoms with van der Waals surface area (Å²) in [6.45, 7) is 4.77. The second-order valence-corrected chi connectivity index (χ2v) is 7.58. The predicted molar refractivity (Wildman–Crippen MR) is 98.6 cm³/mol. The maximum absolute atomic E-state index is 12.3. The van der Waals surface area contributed by atoms with E-state index in [0.29, 0.717) is 19.1 Å². The van der Waals surface area contributed by atoms with Crippen molar-refractivity contribution in [1.82, 2.24) is 4.84 Å². The zero-order chi connectivity index (χ0) is 18.1. The molecule has 0 radical (unpaired) electrons. The van der Waals surface area contributed by atoms with Crippen LogP contribution in [-0.2, 0) is 19.0 Å². The van der Waals surface area contributed by atoms with Crippen molar-refractivity contribution in [3.63, 3.8) is 0 Å². The molecule has 25 heavy (non-hydrogen) atoms. The largest absolute Gasteiger partial charge is 0.459 e. The van der Waals surface area contributed by atoms with Gasteiger partial charge in [-0.1, -0.05) is 32.6 Å². The van der Waals surface area contributed by atoms with E-state index in [0.717, 1.165) is 44.9 Å². The highest BCUT2D eigenvalue weighted by atomic mass is 35.5. The van der Waals surface area contributed by atoms with Crippen LogP contribution in [0.25, 0.3) is 0 Å². The summed E-state index contributed by atoms with van der Waals surface area (Å²) >= 11 is 5.72. The van der Waals surface area contributed by atoms with E-state index < -0.39 is 6.04 Å². The second-order valence-electron chi connectivity index (χ2n) is 7.36. The molecule has 1 heterocycles. The lowest BCUT2D eigenvalue weighted by atomic mass is 10.0. The monoisotopic (exact) mass is 375 g/mol. The van der Waals surface area contributed by atoms with E-state index in [1.54, 1.807) is 0 Å². The number of halogens is 1. The van der Waals surface area contributed by atoms with Crippen LogP contribution in [0.4, 0.5) is 0 Å². The molecule has 1 saturated heterocycles. The first-order valence-corrected chi connectivity index (χ1v) is 10.4. The Labute approximate surface area is 157 Å². The van der Waals surface area contributed by atoms with Gasteiger partial charge in [0.1, 0.15) is 18.2 Å². The molecule has 2 aliphatic rings. The number of esters is 1. The quantitative estimate of drug-likeness (QED) is 0.393. The van der Waals surface area contributed by atoms with Crippen molar-refractivity contribution in [1.29, 1.82) is 0 Å². The van der Waals surface area contributed by atoms with Crippen molar-refractivity contribution < 1.29 is 19.0 Å². The van der Waals surface area contributed by atoms with E-state index in [1.165, 1.54) is 12.8 Å². The standard InChI is InChI=1S/C19H34ClNO4/c1-3-4-7-13-23-18-14(2)24-19(22)16(21-20)11-8-12-17(18)25-15-9-5-6-10-15/h14-18,21H,3-13H2,1-2H3/t14-,16-,17-,18-/m0/s1. The predicted octanol–water partition coefficient (Wildman–Crippen LogP) is 4.12. The van der Waals surface area contributed by atoms with E-state index in [9.17, 15) is 4.79 Å². The summed E-state index contributed by atoms with van der Waals surface area (Å²) in [5, 5.41) is 0. The van der Waals surface area contributed by atoms with Crippen LogP contribution in [0.1, 0.15) is 78.1 Å². The van der Waals surface area contributed by atoms with Crippen LogP contribution >= 0.6 is 11.8 Å². The molecule has 0 aromatic heterocycles. The molecule has 2 fully saturated rings. The summed E-state index contributed by atoms with van der Waals surface area (Å²) in [7, 11) is 0. The van der Waals surface area contributed by atoms with Crippen LogP contribution in [0.15, 0.2) is 0 Å². The highest BCUT2D eigenvalue weighted by Crippen LogP contribution is 2.28. The number of cyclic esters (lactones) is 1. The summed E-state index contributed by atoms with van der Waals surface area (Å²) in [5.74, 6) is -0.300. The molecule has 146 valence electrons. The SMILES string of the molecule is CCCCCO[C@H]1[C@H](C)OC(=O)[C@@H](NCl)CCC[C@@H]1OC1CCCC1. The Hall–Kier alpha value is -0.360. The van der Waals surface area contributed by atoms with Crippen LogP contribution in [0, 0.1) is 0 Å². The van der Waals surface area contributed by atoms with Crippen LogP contribution < -0.4 is 4.84 Å². The van der Waals surface area contributed by atoms with Gasteiger partial charge in [-0.25, -0.2) is 4.84 Å². The van der Waals surface area contributed by atoms with Crippen LogP contribution in [0.2, 0.25) is 0 Å². The Bertz CT molecular complexity index is 390. The third kappa shape index (κ3) is 6.70. The molecule has 1 saturated carbocycles. The summed E-state index contributed by atoms with van der Waals surface area (Å²) in [4.78, 5) is 14.8. The molecule has 0 amide bonds. The average Bonchev–Trinajstić information content (AvgIpc) is 3.11. The van der Waals surface area contributed by atoms with Crippen LogP contribution in [0.5, 0.6) is 0 Å². The maximum Gasteiger partial charge on any atom is 0.324 e. The minimum absolute atomic E-state index is 0.0263. The summed E-state index contributed by atoms with van der Waals surface area (Å²) in [5.41, 5.74) is 0. The maximum atomic E-state index is 12.3. The minimum Gasteiger partial charge on any atom is -0.459 e. The van der Waals surface area contributed by atoms with Crippen molar-refractivity contribution in [2.24, 2.45) is 0 Å². The van der Waals surface area contributed by atoms with Gasteiger partial charge in [0.25, 0.3) is 0 Å². The van der Waals surface area contributed by atoms with Crippen molar-refractivity contribution in [2.75, 3.05) is 6.61 Å². The highest BCUT2D eigenvalue weighted by Gasteiger charge is 2.36. The average molecular weight is 376 g/mol. The number of ether oxygens (including phenoxy) is 3. The number of unbranched alkanes of at least 4 members (excludes halogenated alkanes) is 2. The van der Waals surface area contributed by atoms with Crippen LogP contribution in [0.3, 0.4) is 0 Å². The molecule has 0 bridgehead atoms. The number of carbonyl (C=O) groups excluding carboxylic acids is 1. The van der Waals surface area contributed by atoms with E-state index in [2.05, 4.69) is 11.8 Å². The van der Waals surface area contributed by atoms with Gasteiger partial charge in [0.05, 0.1) is 12.2 Å². The molecule has 6 heteroatoms. The Balaban J connectivity index is 2.04. The van der Waals surface area contributed by atoms with Crippen molar-refractivity contribution >= 4 is 17.7 Å². The fourth-order valence-electron chi connectivity index (χ4n) is 3.77. The fourth-order valence-corrected chi connectivity index (χ4v) is 3.97. The molecule has 0 spiro atoms. The molecule has 5 nitrogen and oxygen atoms in total. The first kappa shape index (κ1) is 20.9. The molecule has 0 unspecified atom stereocenters. The van der Waals surface area contributed by atoms with Crippen molar-refractivity contribution in [3.05, 3.63) is 0 Å². The van der Waals surface area contributed by atoms with Gasteiger partial charge < -0.3 is 14.2 Å². The smallest absolute Gasteiger partial charge is 0.324 e. The number of carbonyl (C=O) groups is 1. The minimum atomic E-state index is -0.463. The lowest BCUT2D eigenvalue weighted by Crippen LogP contribution is -2.44. The summed E-state index contributed by atoms with van der Waals surface area (Å²) in [6.07, 6.45) is 10.2. The van der Waals surface area contributed by atoms with Gasteiger partial charge in [-0.3, -0.25) is 4.79 Å². The summed E-state index contributed by atoms with van der Waals surface area (Å²) < 4.78 is 18.2. The Kier molecular flexibility index (Phi) is 9.53. The van der Waals surface area contributed by atoms with E-state index in [4.69, 9.17) is 26.0 Å². The summed E-state index contributed by atoms with van der Waals surface area (Å²) in [6, 6.07) is -0.463. The lowest BCUT2D eigenvalue weighted by molar-refractivity contribution is -0.171. The molecule has 0 aromatic carbocycles. The topological polar surface area (TPSA) is 56.8 Å². The molecular weight excluding hydrogens is 342 g/mol. The normalized spacial score (nSPS) is 32.0. The van der Waals surface area contributed by atoms with Gasteiger partial charge in [0.15, 0.2) is 0 Å². The number of hydrogen-bond donors (Lipinski definition) is 1. The van der Waals surface area contributed by atoms with Gasteiger partial charge >= 0.3 is 5.97 Å². The molecule has 1 aliphatic carbocycles. The van der Waals surface area contributed by atoms with Gasteiger partial charge in [-0.2, -0.15) is 0 Å². The first-order chi connectivity index (χ1) is 12.2. The van der Waals surface area contributed by atoms with Crippen molar-refractivity contribution in [2.45, 2.75) is 109 Å².